The van der Waals surface area contributed by atoms with Crippen molar-refractivity contribution in [3.8, 4) is 0 Å². The fraction of sp³-hybridized carbons (Fsp3) is 1.00. The summed E-state index contributed by atoms with van der Waals surface area (Å²) in [5.41, 5.74) is 0. The average Bonchev–Trinajstić information content (AvgIpc) is 2.12. The molecule has 86 valence electrons. The van der Waals surface area contributed by atoms with Crippen molar-refractivity contribution in [2.75, 3.05) is 12.3 Å². The van der Waals surface area contributed by atoms with Crippen LogP contribution in [0.15, 0.2) is 0 Å². The second-order valence-electron chi connectivity index (χ2n) is 4.17. The van der Waals surface area contributed by atoms with Gasteiger partial charge in [0.05, 0.1) is 0 Å². The van der Waals surface area contributed by atoms with Crippen LogP contribution in [0.3, 0.4) is 0 Å². The molecule has 0 aliphatic heterocycles. The van der Waals surface area contributed by atoms with Crippen molar-refractivity contribution in [1.82, 2.24) is 0 Å². The molecule has 1 N–H and O–H groups in total. The molecular weight excluding hydrogens is 195 g/mol. The van der Waals surface area contributed by atoms with Crippen molar-refractivity contribution >= 4 is 7.37 Å². The van der Waals surface area contributed by atoms with Crippen LogP contribution in [0.5, 0.6) is 0 Å². The first-order chi connectivity index (χ1) is 6.55. The summed E-state index contributed by atoms with van der Waals surface area (Å²) in [5.74, 6) is 0.456. The molecule has 0 radical (unpaired) electrons. The van der Waals surface area contributed by atoms with Gasteiger partial charge in [-0.15, -0.1) is 0 Å². The number of hydrogen-bond donors (Lipinski definition) is 1. The summed E-state index contributed by atoms with van der Waals surface area (Å²) in [6, 6.07) is 0. The zero-order valence-electron chi connectivity index (χ0n) is 9.83. The molecule has 0 amide bonds. The van der Waals surface area contributed by atoms with Gasteiger partial charge in [0.1, 0.15) is 0 Å². The molecule has 2 atom stereocenters. The summed E-state index contributed by atoms with van der Waals surface area (Å²) in [6.07, 6.45) is 6.37. The van der Waals surface area contributed by atoms with Crippen molar-refractivity contribution in [3.63, 3.8) is 0 Å². The quantitative estimate of drug-likeness (QED) is 0.630. The van der Waals surface area contributed by atoms with Gasteiger partial charge in [-0.2, -0.15) is 0 Å². The predicted molar refractivity (Wildman–Crippen MR) is 63.2 cm³/mol. The van der Waals surface area contributed by atoms with Crippen molar-refractivity contribution < 1.29 is 9.46 Å². The molecular formula is C11H25O2P. The molecule has 2 nitrogen and oxygen atoms in total. The van der Waals surface area contributed by atoms with E-state index in [4.69, 9.17) is 0 Å². The van der Waals surface area contributed by atoms with E-state index < -0.39 is 7.37 Å². The van der Waals surface area contributed by atoms with Crippen LogP contribution in [0.4, 0.5) is 0 Å². The van der Waals surface area contributed by atoms with Crippen LogP contribution in [-0.4, -0.2) is 17.2 Å². The molecule has 0 aliphatic carbocycles. The van der Waals surface area contributed by atoms with E-state index in [0.717, 1.165) is 19.3 Å². The van der Waals surface area contributed by atoms with Crippen LogP contribution in [-0.2, 0) is 4.57 Å². The molecule has 0 fully saturated rings. The maximum absolute atomic E-state index is 11.7. The molecule has 0 heterocycles. The maximum Gasteiger partial charge on any atom is 0.200 e. The SMILES string of the molecule is CCCCC(CC)CP(=O)(O)CCC. The van der Waals surface area contributed by atoms with Crippen molar-refractivity contribution in [2.45, 2.75) is 52.9 Å². The van der Waals surface area contributed by atoms with Gasteiger partial charge < -0.3 is 4.89 Å². The fourth-order valence-corrected chi connectivity index (χ4v) is 3.89. The van der Waals surface area contributed by atoms with E-state index in [2.05, 4.69) is 13.8 Å². The second kappa shape index (κ2) is 7.48. The van der Waals surface area contributed by atoms with Crippen LogP contribution >= 0.6 is 7.37 Å². The lowest BCUT2D eigenvalue weighted by atomic mass is 10.0. The molecule has 3 heteroatoms. The Hall–Kier alpha value is 0.190. The van der Waals surface area contributed by atoms with Crippen LogP contribution in [0.1, 0.15) is 52.9 Å². The molecule has 0 bridgehead atoms. The third-order valence-electron chi connectivity index (χ3n) is 2.66. The highest BCUT2D eigenvalue weighted by Crippen LogP contribution is 2.44. The van der Waals surface area contributed by atoms with Gasteiger partial charge >= 0.3 is 0 Å². The zero-order chi connectivity index (χ0) is 11.0. The Labute approximate surface area is 88.6 Å². The van der Waals surface area contributed by atoms with Gasteiger partial charge in [0.25, 0.3) is 0 Å². The van der Waals surface area contributed by atoms with Gasteiger partial charge in [-0.25, -0.2) is 0 Å². The second-order valence-corrected chi connectivity index (χ2v) is 6.67. The minimum absolute atomic E-state index is 0.456. The molecule has 0 aliphatic rings. The minimum Gasteiger partial charge on any atom is -0.344 e. The van der Waals surface area contributed by atoms with E-state index in [0.29, 0.717) is 18.2 Å². The van der Waals surface area contributed by atoms with Crippen LogP contribution in [0.25, 0.3) is 0 Å². The highest BCUT2D eigenvalue weighted by atomic mass is 31.2. The monoisotopic (exact) mass is 220 g/mol. The van der Waals surface area contributed by atoms with E-state index in [-0.39, 0.29) is 0 Å². The molecule has 14 heavy (non-hydrogen) atoms. The van der Waals surface area contributed by atoms with Gasteiger partial charge in [0, 0.05) is 12.3 Å². The van der Waals surface area contributed by atoms with Gasteiger partial charge in [-0.05, 0) is 18.8 Å². The average molecular weight is 220 g/mol. The smallest absolute Gasteiger partial charge is 0.200 e. The highest BCUT2D eigenvalue weighted by Gasteiger charge is 2.21. The van der Waals surface area contributed by atoms with Crippen LogP contribution in [0, 0.1) is 5.92 Å². The predicted octanol–water partition coefficient (Wildman–Crippen LogP) is 3.88. The number of rotatable bonds is 8. The molecule has 0 aromatic carbocycles. The molecule has 2 unspecified atom stereocenters. The lowest BCUT2D eigenvalue weighted by Gasteiger charge is -2.18. The van der Waals surface area contributed by atoms with Crippen molar-refractivity contribution in [2.24, 2.45) is 5.92 Å². The van der Waals surface area contributed by atoms with Gasteiger partial charge in [0.15, 0.2) is 0 Å². The normalized spacial score (nSPS) is 17.7. The Kier molecular flexibility index (Phi) is 7.58. The summed E-state index contributed by atoms with van der Waals surface area (Å²) in [4.78, 5) is 9.67. The Morgan fingerprint density at radius 2 is 1.86 bits per heavy atom. The highest BCUT2D eigenvalue weighted by molar-refractivity contribution is 7.57. The molecule has 0 aromatic heterocycles. The van der Waals surface area contributed by atoms with Crippen molar-refractivity contribution in [3.05, 3.63) is 0 Å². The molecule has 0 saturated heterocycles. The largest absolute Gasteiger partial charge is 0.344 e. The van der Waals surface area contributed by atoms with E-state index in [1.807, 2.05) is 6.92 Å². The molecule has 0 rings (SSSR count). The Morgan fingerprint density at radius 3 is 2.29 bits per heavy atom. The van der Waals surface area contributed by atoms with E-state index >= 15 is 0 Å². The topological polar surface area (TPSA) is 37.3 Å². The third-order valence-corrected chi connectivity index (χ3v) is 4.89. The number of unbranched alkanes of at least 4 members (excludes halogenated alkanes) is 1. The summed E-state index contributed by atoms with van der Waals surface area (Å²) < 4.78 is 11.7. The first kappa shape index (κ1) is 14.2. The molecule has 0 spiro atoms. The van der Waals surface area contributed by atoms with Crippen LogP contribution < -0.4 is 0 Å². The zero-order valence-corrected chi connectivity index (χ0v) is 10.7. The maximum atomic E-state index is 11.7. The van der Waals surface area contributed by atoms with Gasteiger partial charge in [-0.3, -0.25) is 4.57 Å². The number of hydrogen-bond acceptors (Lipinski definition) is 1. The van der Waals surface area contributed by atoms with Gasteiger partial charge in [-0.1, -0.05) is 40.0 Å². The van der Waals surface area contributed by atoms with Gasteiger partial charge in [0.2, 0.25) is 7.37 Å². The first-order valence-electron chi connectivity index (χ1n) is 5.86. The standard InChI is InChI=1S/C11H25O2P/c1-4-7-8-11(6-3)10-14(12,13)9-5-2/h11H,4-10H2,1-3H3,(H,12,13). The van der Waals surface area contributed by atoms with E-state index in [1.54, 1.807) is 0 Å². The Balaban J connectivity index is 3.96. The summed E-state index contributed by atoms with van der Waals surface area (Å²) >= 11 is 0. The Morgan fingerprint density at radius 1 is 1.21 bits per heavy atom. The van der Waals surface area contributed by atoms with Crippen LogP contribution in [0.2, 0.25) is 0 Å². The first-order valence-corrected chi connectivity index (χ1v) is 7.89. The van der Waals surface area contributed by atoms with E-state index in [1.165, 1.54) is 12.8 Å². The lowest BCUT2D eigenvalue weighted by Crippen LogP contribution is -2.07. The van der Waals surface area contributed by atoms with E-state index in [9.17, 15) is 9.46 Å². The molecule has 0 aromatic rings. The fourth-order valence-electron chi connectivity index (χ4n) is 1.76. The lowest BCUT2D eigenvalue weighted by molar-refractivity contribution is 0.436. The summed E-state index contributed by atoms with van der Waals surface area (Å²) in [7, 11) is -2.81. The summed E-state index contributed by atoms with van der Waals surface area (Å²) in [5, 5.41) is 0. The van der Waals surface area contributed by atoms with Crippen molar-refractivity contribution in [1.29, 1.82) is 0 Å². The molecule has 0 saturated carbocycles. The Bertz CT molecular complexity index is 180. The minimum atomic E-state index is -2.81. The summed E-state index contributed by atoms with van der Waals surface area (Å²) in [6.45, 7) is 6.25. The third kappa shape index (κ3) is 6.62.